The van der Waals surface area contributed by atoms with Gasteiger partial charge in [0.25, 0.3) is 5.91 Å². The summed E-state index contributed by atoms with van der Waals surface area (Å²) in [6.45, 7) is 7.07. The zero-order chi connectivity index (χ0) is 20.6. The Morgan fingerprint density at radius 1 is 0.966 bits per heavy atom. The standard InChI is InChI=1S/C25H29NO3/c1-4-23(29-21-14-13-19-9-5-6-10-20(19)17-21)25(27)26-15-16-28-24-12-8-7-11-22(24)18(2)3/h5-14,17-18,23H,4,15-16H2,1-3H3,(H,26,27). The number of para-hydroxylation sites is 1. The van der Waals surface area contributed by atoms with E-state index in [0.29, 0.717) is 31.2 Å². The van der Waals surface area contributed by atoms with Gasteiger partial charge in [0.1, 0.15) is 18.1 Å². The number of nitrogens with one attached hydrogen (secondary N) is 1. The SMILES string of the molecule is CCC(Oc1ccc2ccccc2c1)C(=O)NCCOc1ccccc1C(C)C. The third-order valence-corrected chi connectivity index (χ3v) is 4.86. The van der Waals surface area contributed by atoms with Crippen LogP contribution >= 0.6 is 0 Å². The Hall–Kier alpha value is -3.01. The van der Waals surface area contributed by atoms with E-state index in [2.05, 4.69) is 31.3 Å². The van der Waals surface area contributed by atoms with Gasteiger partial charge in [0.2, 0.25) is 0 Å². The zero-order valence-electron chi connectivity index (χ0n) is 17.4. The molecule has 0 saturated heterocycles. The molecule has 29 heavy (non-hydrogen) atoms. The molecule has 3 aromatic carbocycles. The highest BCUT2D eigenvalue weighted by Gasteiger charge is 2.18. The fraction of sp³-hybridized carbons (Fsp3) is 0.320. The highest BCUT2D eigenvalue weighted by atomic mass is 16.5. The van der Waals surface area contributed by atoms with Crippen molar-refractivity contribution in [2.45, 2.75) is 39.2 Å². The molecular weight excluding hydrogens is 362 g/mol. The fourth-order valence-electron chi connectivity index (χ4n) is 3.27. The van der Waals surface area contributed by atoms with Crippen LogP contribution in [0.25, 0.3) is 10.8 Å². The molecule has 1 N–H and O–H groups in total. The molecule has 0 spiro atoms. The molecule has 0 radical (unpaired) electrons. The molecule has 0 aliphatic heterocycles. The van der Waals surface area contributed by atoms with Crippen molar-refractivity contribution >= 4 is 16.7 Å². The van der Waals surface area contributed by atoms with E-state index < -0.39 is 6.10 Å². The van der Waals surface area contributed by atoms with Gasteiger partial charge in [0, 0.05) is 0 Å². The van der Waals surface area contributed by atoms with Gasteiger partial charge in [-0.15, -0.1) is 0 Å². The molecule has 152 valence electrons. The first-order valence-electron chi connectivity index (χ1n) is 10.2. The molecule has 4 heteroatoms. The number of benzene rings is 3. The second-order valence-corrected chi connectivity index (χ2v) is 7.36. The third kappa shape index (κ3) is 5.50. The maximum Gasteiger partial charge on any atom is 0.261 e. The van der Waals surface area contributed by atoms with E-state index in [-0.39, 0.29) is 5.91 Å². The number of hydrogen-bond acceptors (Lipinski definition) is 3. The Kier molecular flexibility index (Phi) is 7.12. The Bertz CT molecular complexity index is 951. The van der Waals surface area contributed by atoms with Crippen LogP contribution in [0.5, 0.6) is 11.5 Å². The minimum absolute atomic E-state index is 0.124. The lowest BCUT2D eigenvalue weighted by molar-refractivity contribution is -0.128. The smallest absolute Gasteiger partial charge is 0.261 e. The molecule has 1 amide bonds. The molecule has 1 unspecified atom stereocenters. The van der Waals surface area contributed by atoms with E-state index in [0.717, 1.165) is 16.5 Å². The number of carbonyl (C=O) groups is 1. The number of carbonyl (C=O) groups excluding carboxylic acids is 1. The topological polar surface area (TPSA) is 47.6 Å². The molecule has 0 aliphatic carbocycles. The summed E-state index contributed by atoms with van der Waals surface area (Å²) in [6, 6.07) is 22.0. The fourth-order valence-corrected chi connectivity index (χ4v) is 3.27. The summed E-state index contributed by atoms with van der Waals surface area (Å²) in [5.74, 6) is 1.84. The molecule has 0 bridgehead atoms. The van der Waals surface area contributed by atoms with Crippen LogP contribution < -0.4 is 14.8 Å². The molecule has 3 rings (SSSR count). The van der Waals surface area contributed by atoms with Crippen LogP contribution in [0, 0.1) is 0 Å². The monoisotopic (exact) mass is 391 g/mol. The molecular formula is C25H29NO3. The summed E-state index contributed by atoms with van der Waals surface area (Å²) >= 11 is 0. The first-order valence-corrected chi connectivity index (χ1v) is 10.2. The highest BCUT2D eigenvalue weighted by molar-refractivity contribution is 5.84. The Balaban J connectivity index is 1.52. The van der Waals surface area contributed by atoms with Crippen molar-refractivity contribution in [2.75, 3.05) is 13.2 Å². The van der Waals surface area contributed by atoms with Crippen molar-refractivity contribution in [2.24, 2.45) is 0 Å². The van der Waals surface area contributed by atoms with E-state index in [1.165, 1.54) is 5.56 Å². The largest absolute Gasteiger partial charge is 0.491 e. The van der Waals surface area contributed by atoms with E-state index in [1.54, 1.807) is 0 Å². The molecule has 0 fully saturated rings. The van der Waals surface area contributed by atoms with Gasteiger partial charge in [0.05, 0.1) is 6.54 Å². The molecule has 1 atom stereocenters. The number of rotatable bonds is 9. The van der Waals surface area contributed by atoms with Crippen molar-refractivity contribution in [3.05, 3.63) is 72.3 Å². The average molecular weight is 392 g/mol. The van der Waals surface area contributed by atoms with Gasteiger partial charge in [-0.05, 0) is 46.9 Å². The van der Waals surface area contributed by atoms with Gasteiger partial charge in [-0.2, -0.15) is 0 Å². The normalized spacial score (nSPS) is 12.0. The Morgan fingerprint density at radius 3 is 2.45 bits per heavy atom. The van der Waals surface area contributed by atoms with Gasteiger partial charge < -0.3 is 14.8 Å². The Morgan fingerprint density at radius 2 is 1.69 bits per heavy atom. The first kappa shape index (κ1) is 20.7. The van der Waals surface area contributed by atoms with Crippen LogP contribution in [0.15, 0.2) is 66.7 Å². The molecule has 4 nitrogen and oxygen atoms in total. The number of amides is 1. The van der Waals surface area contributed by atoms with Crippen LogP contribution in [0.2, 0.25) is 0 Å². The number of ether oxygens (including phenoxy) is 2. The lowest BCUT2D eigenvalue weighted by atomic mass is 10.0. The second kappa shape index (κ2) is 9.97. The second-order valence-electron chi connectivity index (χ2n) is 7.36. The van der Waals surface area contributed by atoms with Crippen LogP contribution in [0.4, 0.5) is 0 Å². The van der Waals surface area contributed by atoms with Crippen LogP contribution in [0.1, 0.15) is 38.7 Å². The van der Waals surface area contributed by atoms with E-state index in [9.17, 15) is 4.79 Å². The summed E-state index contributed by atoms with van der Waals surface area (Å²) in [5.41, 5.74) is 1.17. The molecule has 0 aliphatic rings. The molecule has 0 heterocycles. The van der Waals surface area contributed by atoms with Gasteiger partial charge >= 0.3 is 0 Å². The lowest BCUT2D eigenvalue weighted by Crippen LogP contribution is -2.39. The van der Waals surface area contributed by atoms with Crippen molar-refractivity contribution < 1.29 is 14.3 Å². The number of hydrogen-bond donors (Lipinski definition) is 1. The summed E-state index contributed by atoms with van der Waals surface area (Å²) in [6.07, 6.45) is 0.0644. The lowest BCUT2D eigenvalue weighted by Gasteiger charge is -2.18. The summed E-state index contributed by atoms with van der Waals surface area (Å²) in [4.78, 5) is 12.5. The minimum Gasteiger partial charge on any atom is -0.491 e. The van der Waals surface area contributed by atoms with Crippen molar-refractivity contribution in [3.63, 3.8) is 0 Å². The number of fused-ring (bicyclic) bond motifs is 1. The predicted octanol–water partition coefficient (Wildman–Crippen LogP) is 5.32. The molecule has 3 aromatic rings. The van der Waals surface area contributed by atoms with Crippen molar-refractivity contribution in [3.8, 4) is 11.5 Å². The van der Waals surface area contributed by atoms with E-state index in [4.69, 9.17) is 9.47 Å². The van der Waals surface area contributed by atoms with Gasteiger partial charge in [-0.1, -0.05) is 69.3 Å². The molecule has 0 aromatic heterocycles. The molecule has 0 saturated carbocycles. The predicted molar refractivity (Wildman–Crippen MR) is 118 cm³/mol. The average Bonchev–Trinajstić information content (AvgIpc) is 2.75. The van der Waals surface area contributed by atoms with Crippen molar-refractivity contribution in [1.29, 1.82) is 0 Å². The Labute approximate surface area is 172 Å². The van der Waals surface area contributed by atoms with Gasteiger partial charge in [-0.3, -0.25) is 4.79 Å². The minimum atomic E-state index is -0.529. The van der Waals surface area contributed by atoms with E-state index in [1.807, 2.05) is 61.5 Å². The van der Waals surface area contributed by atoms with Gasteiger partial charge in [0.15, 0.2) is 6.10 Å². The quantitative estimate of drug-likeness (QED) is 0.503. The van der Waals surface area contributed by atoms with Crippen molar-refractivity contribution in [1.82, 2.24) is 5.32 Å². The zero-order valence-corrected chi connectivity index (χ0v) is 17.4. The van der Waals surface area contributed by atoms with Crippen LogP contribution in [-0.2, 0) is 4.79 Å². The highest BCUT2D eigenvalue weighted by Crippen LogP contribution is 2.25. The maximum absolute atomic E-state index is 12.5. The van der Waals surface area contributed by atoms with Gasteiger partial charge in [-0.25, -0.2) is 0 Å². The van der Waals surface area contributed by atoms with Crippen LogP contribution in [0.3, 0.4) is 0 Å². The van der Waals surface area contributed by atoms with E-state index >= 15 is 0 Å². The summed E-state index contributed by atoms with van der Waals surface area (Å²) < 4.78 is 11.8. The third-order valence-electron chi connectivity index (χ3n) is 4.86. The summed E-state index contributed by atoms with van der Waals surface area (Å²) in [7, 11) is 0. The summed E-state index contributed by atoms with van der Waals surface area (Å²) in [5, 5.41) is 5.17. The maximum atomic E-state index is 12.5. The van der Waals surface area contributed by atoms with Crippen LogP contribution in [-0.4, -0.2) is 25.2 Å². The first-order chi connectivity index (χ1) is 14.1.